The zero-order valence-corrected chi connectivity index (χ0v) is 18.1. The van der Waals surface area contributed by atoms with Crippen molar-refractivity contribution >= 4 is 45.6 Å². The molecule has 0 radical (unpaired) electrons. The Morgan fingerprint density at radius 1 is 1.10 bits per heavy atom. The van der Waals surface area contributed by atoms with Gasteiger partial charge in [0.25, 0.3) is 5.91 Å². The van der Waals surface area contributed by atoms with E-state index in [1.807, 2.05) is 18.2 Å². The minimum absolute atomic E-state index is 0.231. The highest BCUT2D eigenvalue weighted by Gasteiger charge is 2.18. The number of amides is 2. The molecule has 30 heavy (non-hydrogen) atoms. The van der Waals surface area contributed by atoms with E-state index in [0.29, 0.717) is 10.8 Å². The summed E-state index contributed by atoms with van der Waals surface area (Å²) in [7, 11) is 1.44. The van der Waals surface area contributed by atoms with Gasteiger partial charge in [0.2, 0.25) is 11.0 Å². The van der Waals surface area contributed by atoms with Crippen LogP contribution in [0.1, 0.15) is 34.3 Å². The number of carbonyl (C=O) groups excluding carboxylic acids is 2. The van der Waals surface area contributed by atoms with E-state index < -0.39 is 5.91 Å². The lowest BCUT2D eigenvalue weighted by Gasteiger charge is -2.12. The lowest BCUT2D eigenvalue weighted by Crippen LogP contribution is -2.14. The normalized spacial score (nSPS) is 10.5. The number of anilines is 2. The van der Waals surface area contributed by atoms with Crippen LogP contribution in [0.4, 0.5) is 10.8 Å². The van der Waals surface area contributed by atoms with Crippen LogP contribution in [-0.2, 0) is 17.6 Å². The van der Waals surface area contributed by atoms with Gasteiger partial charge in [0.1, 0.15) is 10.8 Å². The standard InChI is InChI=1S/C21H21ClN4O3S/c1-13(27)23-17-12-18(29-2)15(11-16(17)22)20(28)24-21-26-25-19(30-21)10-6-9-14-7-4-3-5-8-14/h3-5,7-8,11-12H,6,9-10H2,1-2H3,(H,23,27)(H,24,26,28). The van der Waals surface area contributed by atoms with Crippen LogP contribution in [0.3, 0.4) is 0 Å². The number of aromatic nitrogens is 2. The molecule has 1 aromatic heterocycles. The molecule has 156 valence electrons. The Hall–Kier alpha value is -2.97. The molecule has 0 aliphatic carbocycles. The Bertz CT molecular complexity index is 1040. The third-order valence-corrected chi connectivity index (χ3v) is 5.44. The molecule has 2 amide bonds. The molecule has 0 saturated carbocycles. The summed E-state index contributed by atoms with van der Waals surface area (Å²) in [4.78, 5) is 24.0. The molecule has 3 aromatic rings. The largest absolute Gasteiger partial charge is 0.496 e. The first-order valence-corrected chi connectivity index (χ1v) is 10.5. The summed E-state index contributed by atoms with van der Waals surface area (Å²) in [6.07, 6.45) is 2.68. The van der Waals surface area contributed by atoms with Crippen LogP contribution in [-0.4, -0.2) is 29.1 Å². The first-order valence-electron chi connectivity index (χ1n) is 9.29. The summed E-state index contributed by atoms with van der Waals surface area (Å²) in [6, 6.07) is 13.2. The van der Waals surface area contributed by atoms with Crippen molar-refractivity contribution in [1.82, 2.24) is 10.2 Å². The number of hydrogen-bond acceptors (Lipinski definition) is 6. The van der Waals surface area contributed by atoms with E-state index in [1.165, 1.54) is 43.1 Å². The molecule has 0 unspecified atom stereocenters. The van der Waals surface area contributed by atoms with Gasteiger partial charge in [-0.25, -0.2) is 0 Å². The van der Waals surface area contributed by atoms with Gasteiger partial charge in [-0.3, -0.25) is 14.9 Å². The van der Waals surface area contributed by atoms with Crippen LogP contribution in [0.15, 0.2) is 42.5 Å². The maximum absolute atomic E-state index is 12.7. The predicted molar refractivity (Wildman–Crippen MR) is 119 cm³/mol. The molecule has 0 aliphatic heterocycles. The highest BCUT2D eigenvalue weighted by Crippen LogP contribution is 2.31. The van der Waals surface area contributed by atoms with Crippen molar-refractivity contribution in [1.29, 1.82) is 0 Å². The first-order chi connectivity index (χ1) is 14.5. The second kappa shape index (κ2) is 10.2. The third kappa shape index (κ3) is 5.77. The van der Waals surface area contributed by atoms with Crippen LogP contribution < -0.4 is 15.4 Å². The molecule has 0 spiro atoms. The number of nitrogens with zero attached hydrogens (tertiary/aromatic N) is 2. The molecule has 7 nitrogen and oxygen atoms in total. The van der Waals surface area contributed by atoms with Crippen LogP contribution in [0.25, 0.3) is 0 Å². The molecule has 1 heterocycles. The highest BCUT2D eigenvalue weighted by atomic mass is 35.5. The summed E-state index contributed by atoms with van der Waals surface area (Å²) in [5, 5.41) is 15.0. The van der Waals surface area contributed by atoms with Gasteiger partial charge in [-0.15, -0.1) is 10.2 Å². The van der Waals surface area contributed by atoms with Gasteiger partial charge in [-0.2, -0.15) is 0 Å². The number of benzene rings is 2. The van der Waals surface area contributed by atoms with Gasteiger partial charge in [-0.1, -0.05) is 53.3 Å². The van der Waals surface area contributed by atoms with Crippen molar-refractivity contribution in [3.8, 4) is 5.75 Å². The van der Waals surface area contributed by atoms with Gasteiger partial charge in [-0.05, 0) is 24.5 Å². The zero-order valence-electron chi connectivity index (χ0n) is 16.6. The molecular formula is C21H21ClN4O3S. The monoisotopic (exact) mass is 444 g/mol. The summed E-state index contributed by atoms with van der Waals surface area (Å²) in [6.45, 7) is 1.37. The molecule has 3 rings (SSSR count). The van der Waals surface area contributed by atoms with E-state index in [2.05, 4.69) is 33.0 Å². The lowest BCUT2D eigenvalue weighted by atomic mass is 10.1. The lowest BCUT2D eigenvalue weighted by molar-refractivity contribution is -0.114. The highest BCUT2D eigenvalue weighted by molar-refractivity contribution is 7.15. The van der Waals surface area contributed by atoms with E-state index in [9.17, 15) is 9.59 Å². The Kier molecular flexibility index (Phi) is 7.37. The Balaban J connectivity index is 1.63. The molecule has 0 saturated heterocycles. The topological polar surface area (TPSA) is 93.2 Å². The third-order valence-electron chi connectivity index (χ3n) is 4.23. The number of halogens is 1. The van der Waals surface area contributed by atoms with E-state index in [-0.39, 0.29) is 22.2 Å². The fourth-order valence-corrected chi connectivity index (χ4v) is 3.83. The summed E-state index contributed by atoms with van der Waals surface area (Å²) >= 11 is 7.52. The average Bonchev–Trinajstić information content (AvgIpc) is 3.16. The quantitative estimate of drug-likeness (QED) is 0.530. The van der Waals surface area contributed by atoms with Crippen LogP contribution in [0, 0.1) is 0 Å². The Morgan fingerprint density at radius 2 is 1.87 bits per heavy atom. The molecule has 0 aliphatic rings. The Morgan fingerprint density at radius 3 is 2.57 bits per heavy atom. The van der Waals surface area contributed by atoms with Crippen LogP contribution in [0.2, 0.25) is 5.02 Å². The number of ether oxygens (including phenoxy) is 1. The van der Waals surface area contributed by atoms with E-state index in [1.54, 1.807) is 0 Å². The minimum Gasteiger partial charge on any atom is -0.496 e. The molecule has 2 N–H and O–H groups in total. The Labute approximate surface area is 183 Å². The minimum atomic E-state index is -0.421. The van der Waals surface area contributed by atoms with Gasteiger partial charge < -0.3 is 10.1 Å². The van der Waals surface area contributed by atoms with Gasteiger partial charge in [0.15, 0.2) is 0 Å². The number of aryl methyl sites for hydroxylation is 2. The maximum Gasteiger partial charge on any atom is 0.261 e. The van der Waals surface area contributed by atoms with Crippen molar-refractivity contribution in [2.24, 2.45) is 0 Å². The van der Waals surface area contributed by atoms with Crippen molar-refractivity contribution in [2.45, 2.75) is 26.2 Å². The molecule has 0 atom stereocenters. The number of carbonyl (C=O) groups is 2. The predicted octanol–water partition coefficient (Wildman–Crippen LogP) is 4.59. The van der Waals surface area contributed by atoms with Gasteiger partial charge >= 0.3 is 0 Å². The SMILES string of the molecule is COc1cc(NC(C)=O)c(Cl)cc1C(=O)Nc1nnc(CCCc2ccccc2)s1. The maximum atomic E-state index is 12.7. The van der Waals surface area contributed by atoms with Crippen LogP contribution >= 0.6 is 22.9 Å². The number of methoxy groups -OCH3 is 1. The van der Waals surface area contributed by atoms with Crippen molar-refractivity contribution in [3.05, 3.63) is 63.6 Å². The van der Waals surface area contributed by atoms with Crippen molar-refractivity contribution in [3.63, 3.8) is 0 Å². The summed E-state index contributed by atoms with van der Waals surface area (Å²) in [5.41, 5.74) is 1.88. The number of rotatable bonds is 8. The molecular weight excluding hydrogens is 424 g/mol. The molecule has 0 bridgehead atoms. The molecule has 2 aromatic carbocycles. The number of nitrogens with one attached hydrogen (secondary N) is 2. The fraction of sp³-hybridized carbons (Fsp3) is 0.238. The van der Waals surface area contributed by atoms with Gasteiger partial charge in [0.05, 0.1) is 23.4 Å². The van der Waals surface area contributed by atoms with Crippen molar-refractivity contribution in [2.75, 3.05) is 17.7 Å². The first kappa shape index (κ1) is 21.7. The number of hydrogen-bond donors (Lipinski definition) is 2. The summed E-state index contributed by atoms with van der Waals surface area (Å²) < 4.78 is 5.28. The second-order valence-corrected chi connectivity index (χ2v) is 7.98. The zero-order chi connectivity index (χ0) is 21.5. The molecule has 0 fully saturated rings. The average molecular weight is 445 g/mol. The van der Waals surface area contributed by atoms with E-state index in [4.69, 9.17) is 16.3 Å². The molecule has 9 heteroatoms. The fourth-order valence-electron chi connectivity index (χ4n) is 2.84. The smallest absolute Gasteiger partial charge is 0.261 e. The van der Waals surface area contributed by atoms with E-state index >= 15 is 0 Å². The van der Waals surface area contributed by atoms with E-state index in [0.717, 1.165) is 24.3 Å². The van der Waals surface area contributed by atoms with Gasteiger partial charge in [0, 0.05) is 19.4 Å². The summed E-state index contributed by atoms with van der Waals surface area (Å²) in [5.74, 6) is -0.409. The van der Waals surface area contributed by atoms with Crippen molar-refractivity contribution < 1.29 is 14.3 Å². The van der Waals surface area contributed by atoms with Crippen LogP contribution in [0.5, 0.6) is 5.75 Å². The second-order valence-electron chi connectivity index (χ2n) is 6.51.